The van der Waals surface area contributed by atoms with Gasteiger partial charge in [-0.1, -0.05) is 11.8 Å². The van der Waals surface area contributed by atoms with Crippen LogP contribution in [0.15, 0.2) is 36.0 Å². The number of aromatic nitrogens is 4. The lowest BCUT2D eigenvalue weighted by molar-refractivity contribution is 0.0944. The van der Waals surface area contributed by atoms with Crippen LogP contribution in [0.2, 0.25) is 0 Å². The minimum atomic E-state index is -0.129. The smallest absolute Gasteiger partial charge is 0.254 e. The van der Waals surface area contributed by atoms with Crippen LogP contribution in [0.3, 0.4) is 0 Å². The number of hydrogen-bond donors (Lipinski definition) is 1. The predicted molar refractivity (Wildman–Crippen MR) is 93.1 cm³/mol. The van der Waals surface area contributed by atoms with Crippen molar-refractivity contribution >= 4 is 23.6 Å². The van der Waals surface area contributed by atoms with Gasteiger partial charge in [0, 0.05) is 44.4 Å². The third-order valence-electron chi connectivity index (χ3n) is 3.98. The van der Waals surface area contributed by atoms with Gasteiger partial charge in [0.15, 0.2) is 5.16 Å². The Hall–Kier alpha value is -2.22. The summed E-state index contributed by atoms with van der Waals surface area (Å²) >= 11 is 1.45. The number of piperidine rings is 1. The molecular weight excluding hydrogens is 324 g/mol. The molecule has 1 fully saturated rings. The molecule has 126 valence electrons. The first kappa shape index (κ1) is 16.6. The zero-order valence-corrected chi connectivity index (χ0v) is 14.4. The lowest BCUT2D eigenvalue weighted by Gasteiger charge is -2.32. The molecule has 1 amide bonds. The summed E-state index contributed by atoms with van der Waals surface area (Å²) in [6.45, 7) is 2.44. The minimum Gasteiger partial charge on any atom is -0.352 e. The van der Waals surface area contributed by atoms with Crippen molar-refractivity contribution in [3.63, 3.8) is 0 Å². The first-order valence-electron chi connectivity index (χ1n) is 7.92. The number of nitrogens with zero attached hydrogens (tertiary/aromatic N) is 5. The highest BCUT2D eigenvalue weighted by Gasteiger charge is 2.22. The maximum atomic E-state index is 12.2. The number of anilines is 1. The third kappa shape index (κ3) is 4.19. The van der Waals surface area contributed by atoms with Crippen molar-refractivity contribution in [2.45, 2.75) is 18.0 Å². The van der Waals surface area contributed by atoms with Crippen LogP contribution >= 0.6 is 11.8 Å². The molecule has 0 saturated carbocycles. The van der Waals surface area contributed by atoms with Gasteiger partial charge in [0.2, 0.25) is 5.95 Å². The van der Waals surface area contributed by atoms with Gasteiger partial charge >= 0.3 is 0 Å². The van der Waals surface area contributed by atoms with Gasteiger partial charge in [0.1, 0.15) is 0 Å². The van der Waals surface area contributed by atoms with E-state index >= 15 is 0 Å². The molecule has 1 saturated heterocycles. The average molecular weight is 344 g/mol. The van der Waals surface area contributed by atoms with Crippen molar-refractivity contribution < 1.29 is 4.79 Å². The van der Waals surface area contributed by atoms with Crippen molar-refractivity contribution in [1.29, 1.82) is 0 Å². The van der Waals surface area contributed by atoms with Crippen molar-refractivity contribution in [1.82, 2.24) is 25.3 Å². The normalized spacial score (nSPS) is 17.5. The van der Waals surface area contributed by atoms with E-state index in [0.717, 1.165) is 31.9 Å². The first-order chi connectivity index (χ1) is 11.8. The number of nitrogens with one attached hydrogen (secondary N) is 1. The standard InChI is InChI=1S/C16H20N6OS/c1-24-16-20-9-13(10-21-16)14(23)19-8-12-4-2-7-22(11-12)15-17-5-3-6-18-15/h3,5-6,9-10,12H,2,4,7-8,11H2,1H3,(H,19,23)/t12-/m0/s1. The minimum absolute atomic E-state index is 0.129. The summed E-state index contributed by atoms with van der Waals surface area (Å²) in [6.07, 6.45) is 10.7. The third-order valence-corrected chi connectivity index (χ3v) is 4.55. The van der Waals surface area contributed by atoms with Gasteiger partial charge in [0.05, 0.1) is 5.56 Å². The Bertz CT molecular complexity index is 666. The largest absolute Gasteiger partial charge is 0.352 e. The second-order valence-corrected chi connectivity index (χ2v) is 6.44. The quantitative estimate of drug-likeness (QED) is 0.652. The Labute approximate surface area is 145 Å². The fourth-order valence-electron chi connectivity index (χ4n) is 2.75. The van der Waals surface area contributed by atoms with Crippen LogP contribution in [0, 0.1) is 5.92 Å². The fourth-order valence-corrected chi connectivity index (χ4v) is 3.06. The Morgan fingerprint density at radius 3 is 2.75 bits per heavy atom. The summed E-state index contributed by atoms with van der Waals surface area (Å²) in [6, 6.07) is 1.82. The fraction of sp³-hybridized carbons (Fsp3) is 0.438. The highest BCUT2D eigenvalue weighted by atomic mass is 32.2. The number of hydrogen-bond acceptors (Lipinski definition) is 7. The van der Waals surface area contributed by atoms with Crippen molar-refractivity contribution in [2.75, 3.05) is 30.8 Å². The molecule has 0 unspecified atom stereocenters. The van der Waals surface area contributed by atoms with Crippen LogP contribution in [-0.2, 0) is 0 Å². The lowest BCUT2D eigenvalue weighted by atomic mass is 9.98. The molecule has 1 atom stereocenters. The second kappa shape index (κ2) is 8.05. The van der Waals surface area contributed by atoms with Crippen molar-refractivity contribution in [2.24, 2.45) is 5.92 Å². The zero-order valence-electron chi connectivity index (χ0n) is 13.6. The number of rotatable bonds is 5. The number of thioether (sulfide) groups is 1. The van der Waals surface area contributed by atoms with Crippen LogP contribution in [0.1, 0.15) is 23.2 Å². The molecule has 1 N–H and O–H groups in total. The molecule has 2 aromatic heterocycles. The average Bonchev–Trinajstić information content (AvgIpc) is 2.67. The monoisotopic (exact) mass is 344 g/mol. The number of amides is 1. The van der Waals surface area contributed by atoms with Crippen molar-refractivity contribution in [3.05, 3.63) is 36.4 Å². The van der Waals surface area contributed by atoms with Gasteiger partial charge in [0.25, 0.3) is 5.91 Å². The molecule has 24 heavy (non-hydrogen) atoms. The molecule has 1 aliphatic rings. The topological polar surface area (TPSA) is 83.9 Å². The molecule has 2 aromatic rings. The molecule has 0 bridgehead atoms. The van der Waals surface area contributed by atoms with E-state index in [4.69, 9.17) is 0 Å². The van der Waals surface area contributed by atoms with E-state index in [1.807, 2.05) is 12.3 Å². The highest BCUT2D eigenvalue weighted by Crippen LogP contribution is 2.19. The Morgan fingerprint density at radius 1 is 1.29 bits per heavy atom. The SMILES string of the molecule is CSc1ncc(C(=O)NC[C@@H]2CCCN(c3ncccn3)C2)cn1. The van der Waals surface area contributed by atoms with Gasteiger partial charge in [-0.05, 0) is 31.1 Å². The molecule has 8 heteroatoms. The second-order valence-electron chi connectivity index (χ2n) is 5.67. The molecule has 7 nitrogen and oxygen atoms in total. The maximum Gasteiger partial charge on any atom is 0.254 e. The summed E-state index contributed by atoms with van der Waals surface area (Å²) in [5.74, 6) is 1.02. The maximum absolute atomic E-state index is 12.2. The van der Waals surface area contributed by atoms with Gasteiger partial charge < -0.3 is 10.2 Å². The van der Waals surface area contributed by atoms with Crippen LogP contribution in [-0.4, -0.2) is 51.7 Å². The van der Waals surface area contributed by atoms with E-state index in [1.165, 1.54) is 11.8 Å². The Morgan fingerprint density at radius 2 is 2.04 bits per heavy atom. The van der Waals surface area contributed by atoms with Gasteiger partial charge in [-0.25, -0.2) is 19.9 Å². The summed E-state index contributed by atoms with van der Waals surface area (Å²) < 4.78 is 0. The Balaban J connectivity index is 1.53. The summed E-state index contributed by atoms with van der Waals surface area (Å²) in [5, 5.41) is 3.65. The zero-order chi connectivity index (χ0) is 16.8. The van der Waals surface area contributed by atoms with Gasteiger partial charge in [-0.2, -0.15) is 0 Å². The van der Waals surface area contributed by atoms with E-state index in [9.17, 15) is 4.79 Å². The van der Waals surface area contributed by atoms with E-state index in [0.29, 0.717) is 23.2 Å². The van der Waals surface area contributed by atoms with Crippen molar-refractivity contribution in [3.8, 4) is 0 Å². The number of carbonyl (C=O) groups is 1. The summed E-state index contributed by atoms with van der Waals surface area (Å²) in [4.78, 5) is 31.3. The molecule has 3 rings (SSSR count). The lowest BCUT2D eigenvalue weighted by Crippen LogP contribution is -2.41. The summed E-state index contributed by atoms with van der Waals surface area (Å²) in [5.41, 5.74) is 0.492. The molecule has 3 heterocycles. The van der Waals surface area contributed by atoms with E-state index in [2.05, 4.69) is 30.2 Å². The van der Waals surface area contributed by atoms with Gasteiger partial charge in [-0.3, -0.25) is 4.79 Å². The molecule has 0 radical (unpaired) electrons. The van der Waals surface area contributed by atoms with Gasteiger partial charge in [-0.15, -0.1) is 0 Å². The first-order valence-corrected chi connectivity index (χ1v) is 9.15. The molecular formula is C16H20N6OS. The van der Waals surface area contributed by atoms with E-state index in [-0.39, 0.29) is 5.91 Å². The summed E-state index contributed by atoms with van der Waals surface area (Å²) in [7, 11) is 0. The van der Waals surface area contributed by atoms with Crippen LogP contribution in [0.4, 0.5) is 5.95 Å². The molecule has 0 aliphatic carbocycles. The van der Waals surface area contributed by atoms with Crippen LogP contribution in [0.25, 0.3) is 0 Å². The molecule has 0 spiro atoms. The highest BCUT2D eigenvalue weighted by molar-refractivity contribution is 7.98. The molecule has 1 aliphatic heterocycles. The van der Waals surface area contributed by atoms with E-state index in [1.54, 1.807) is 24.8 Å². The van der Waals surface area contributed by atoms with E-state index < -0.39 is 0 Å². The van der Waals surface area contributed by atoms with Crippen LogP contribution < -0.4 is 10.2 Å². The molecule has 0 aromatic carbocycles. The predicted octanol–water partition coefficient (Wildman–Crippen LogP) is 1.63. The Kier molecular flexibility index (Phi) is 5.58. The van der Waals surface area contributed by atoms with Crippen LogP contribution in [0.5, 0.6) is 0 Å². The number of carbonyl (C=O) groups excluding carboxylic acids is 1.